The van der Waals surface area contributed by atoms with Gasteiger partial charge in [-0.15, -0.1) is 0 Å². The Bertz CT molecular complexity index is 3330. The lowest BCUT2D eigenvalue weighted by molar-refractivity contribution is 0.669. The molecule has 0 saturated heterocycles. The van der Waals surface area contributed by atoms with Gasteiger partial charge in [-0.3, -0.25) is 0 Å². The Balaban J connectivity index is 0.999. The van der Waals surface area contributed by atoms with Crippen LogP contribution < -0.4 is 4.90 Å². The van der Waals surface area contributed by atoms with Crippen molar-refractivity contribution in [1.29, 1.82) is 0 Å². The number of rotatable bonds is 5. The highest BCUT2D eigenvalue weighted by Crippen LogP contribution is 2.49. The molecule has 9 aromatic carbocycles. The zero-order chi connectivity index (χ0) is 36.7. The summed E-state index contributed by atoms with van der Waals surface area (Å²) >= 11 is 1.86. The molecule has 262 valence electrons. The van der Waals surface area contributed by atoms with Crippen molar-refractivity contribution in [2.75, 3.05) is 4.90 Å². The van der Waals surface area contributed by atoms with E-state index >= 15 is 0 Å². The van der Waals surface area contributed by atoms with Crippen molar-refractivity contribution < 1.29 is 4.42 Å². The second kappa shape index (κ2) is 12.3. The average Bonchev–Trinajstić information content (AvgIpc) is 3.81. The highest BCUT2D eigenvalue weighted by Gasteiger charge is 2.24. The SMILES string of the molecule is c1ccc2c(c1)Sc1cccc3c4c(-c5ccc(N(c6ccc(-c7cccc8ccccc78)cc6)c6ccc7c(c6)oc6ccccc67)cc5)cccc4n-2c13. The first-order valence-corrected chi connectivity index (χ1v) is 19.8. The number of fused-ring (bicyclic) bond motifs is 9. The third-order valence-electron chi connectivity index (χ3n) is 11.4. The lowest BCUT2D eigenvalue weighted by atomic mass is 9.97. The number of para-hydroxylation sites is 3. The highest BCUT2D eigenvalue weighted by molar-refractivity contribution is 7.99. The van der Waals surface area contributed by atoms with Gasteiger partial charge in [0.25, 0.3) is 0 Å². The summed E-state index contributed by atoms with van der Waals surface area (Å²) in [4.78, 5) is 4.91. The van der Waals surface area contributed by atoms with Crippen molar-refractivity contribution >= 4 is 83.3 Å². The van der Waals surface area contributed by atoms with Crippen molar-refractivity contribution in [2.45, 2.75) is 9.79 Å². The van der Waals surface area contributed by atoms with Gasteiger partial charge in [-0.1, -0.05) is 133 Å². The summed E-state index contributed by atoms with van der Waals surface area (Å²) in [5, 5.41) is 7.31. The molecule has 0 atom stereocenters. The molecule has 3 heterocycles. The topological polar surface area (TPSA) is 21.3 Å². The van der Waals surface area contributed by atoms with Crippen LogP contribution in [-0.4, -0.2) is 4.57 Å². The number of benzene rings is 9. The molecule has 1 aliphatic rings. The van der Waals surface area contributed by atoms with E-state index in [0.717, 1.165) is 39.0 Å². The molecule has 0 spiro atoms. The van der Waals surface area contributed by atoms with Crippen molar-refractivity contribution in [3.63, 3.8) is 0 Å². The highest BCUT2D eigenvalue weighted by atomic mass is 32.2. The maximum Gasteiger partial charge on any atom is 0.137 e. The molecule has 0 radical (unpaired) electrons. The van der Waals surface area contributed by atoms with Crippen LogP contribution in [0.5, 0.6) is 0 Å². The Kier molecular flexibility index (Phi) is 6.86. The number of nitrogens with zero attached hydrogens (tertiary/aromatic N) is 2. The first-order chi connectivity index (χ1) is 27.8. The fourth-order valence-corrected chi connectivity index (χ4v) is 9.95. The molecule has 0 saturated carbocycles. The van der Waals surface area contributed by atoms with Gasteiger partial charge in [0.1, 0.15) is 11.2 Å². The molecule has 1 aliphatic heterocycles. The van der Waals surface area contributed by atoms with E-state index in [1.165, 1.54) is 70.3 Å². The molecule has 11 aromatic rings. The first-order valence-electron chi connectivity index (χ1n) is 19.0. The predicted molar refractivity (Wildman–Crippen MR) is 235 cm³/mol. The molecule has 0 N–H and O–H groups in total. The summed E-state index contributed by atoms with van der Waals surface area (Å²) in [5.74, 6) is 0. The van der Waals surface area contributed by atoms with E-state index in [1.54, 1.807) is 0 Å². The Hall–Kier alpha value is -7.01. The minimum Gasteiger partial charge on any atom is -0.456 e. The molecule has 0 aliphatic carbocycles. The van der Waals surface area contributed by atoms with E-state index in [9.17, 15) is 0 Å². The molecule has 4 heteroatoms. The Morgan fingerprint density at radius 2 is 1.04 bits per heavy atom. The van der Waals surface area contributed by atoms with Crippen molar-refractivity contribution in [3.05, 3.63) is 194 Å². The zero-order valence-electron chi connectivity index (χ0n) is 30.2. The number of furan rings is 1. The minimum atomic E-state index is 0.872. The summed E-state index contributed by atoms with van der Waals surface area (Å²) in [7, 11) is 0. The molecule has 56 heavy (non-hydrogen) atoms. The standard InChI is InChI=1S/C52H32N2OS/c1-2-12-39-33(10-1)11-7-14-40(39)34-22-26-36(27-23-34)53(38-30-31-43-42-13-3-5-19-47(42)55-48(43)32-38)37-28-24-35(25-29-37)41-15-8-18-46-51(41)44-16-9-21-50-52(44)54(46)45-17-4-6-20-49(45)56-50/h1-32H. The predicted octanol–water partition coefficient (Wildman–Crippen LogP) is 15.1. The lowest BCUT2D eigenvalue weighted by Gasteiger charge is -2.26. The maximum absolute atomic E-state index is 6.40. The van der Waals surface area contributed by atoms with Crippen LogP contribution in [0.4, 0.5) is 17.1 Å². The summed E-state index contributed by atoms with van der Waals surface area (Å²) in [6.07, 6.45) is 0. The van der Waals surface area contributed by atoms with E-state index in [4.69, 9.17) is 4.42 Å². The monoisotopic (exact) mass is 732 g/mol. The Morgan fingerprint density at radius 3 is 1.89 bits per heavy atom. The quantitative estimate of drug-likeness (QED) is 0.176. The van der Waals surface area contributed by atoms with Gasteiger partial charge in [-0.05, 0) is 99.8 Å². The summed E-state index contributed by atoms with van der Waals surface area (Å²) < 4.78 is 8.86. The third-order valence-corrected chi connectivity index (χ3v) is 12.5. The molecular weight excluding hydrogens is 701 g/mol. The number of anilines is 3. The zero-order valence-corrected chi connectivity index (χ0v) is 31.0. The van der Waals surface area contributed by atoms with E-state index in [0.29, 0.717) is 0 Å². The molecule has 0 fully saturated rings. The van der Waals surface area contributed by atoms with Gasteiger partial charge in [0.15, 0.2) is 0 Å². The van der Waals surface area contributed by atoms with Gasteiger partial charge in [0, 0.05) is 54.5 Å². The van der Waals surface area contributed by atoms with E-state index in [2.05, 4.69) is 191 Å². The number of hydrogen-bond acceptors (Lipinski definition) is 3. The van der Waals surface area contributed by atoms with Crippen LogP contribution in [-0.2, 0) is 0 Å². The molecule has 0 bridgehead atoms. The molecular formula is C52H32N2OS. The van der Waals surface area contributed by atoms with Gasteiger partial charge in [-0.25, -0.2) is 0 Å². The van der Waals surface area contributed by atoms with Crippen LogP contribution in [0.15, 0.2) is 208 Å². The van der Waals surface area contributed by atoms with Gasteiger partial charge < -0.3 is 13.9 Å². The second-order valence-electron chi connectivity index (χ2n) is 14.5. The normalized spacial score (nSPS) is 12.2. The van der Waals surface area contributed by atoms with Crippen LogP contribution in [0.2, 0.25) is 0 Å². The Morgan fingerprint density at radius 1 is 0.429 bits per heavy atom. The van der Waals surface area contributed by atoms with Crippen molar-refractivity contribution in [3.8, 4) is 27.9 Å². The number of aromatic nitrogens is 1. The molecule has 12 rings (SSSR count). The summed E-state index contributed by atoms with van der Waals surface area (Å²) in [6.45, 7) is 0. The van der Waals surface area contributed by atoms with Gasteiger partial charge in [0.05, 0.1) is 16.7 Å². The summed E-state index contributed by atoms with van der Waals surface area (Å²) in [6, 6.07) is 70.2. The van der Waals surface area contributed by atoms with Crippen molar-refractivity contribution in [2.24, 2.45) is 0 Å². The molecule has 0 unspecified atom stereocenters. The maximum atomic E-state index is 6.40. The van der Waals surface area contributed by atoms with Crippen LogP contribution in [0.3, 0.4) is 0 Å². The smallest absolute Gasteiger partial charge is 0.137 e. The average molecular weight is 733 g/mol. The van der Waals surface area contributed by atoms with Crippen LogP contribution in [0.25, 0.3) is 82.5 Å². The first kappa shape index (κ1) is 31.4. The van der Waals surface area contributed by atoms with Crippen molar-refractivity contribution in [1.82, 2.24) is 4.57 Å². The fourth-order valence-electron chi connectivity index (χ4n) is 8.86. The van der Waals surface area contributed by atoms with Gasteiger partial charge in [-0.2, -0.15) is 0 Å². The largest absolute Gasteiger partial charge is 0.456 e. The minimum absolute atomic E-state index is 0.872. The van der Waals surface area contributed by atoms with E-state index < -0.39 is 0 Å². The molecule has 2 aromatic heterocycles. The van der Waals surface area contributed by atoms with Crippen LogP contribution in [0, 0.1) is 0 Å². The van der Waals surface area contributed by atoms with Crippen LogP contribution >= 0.6 is 11.8 Å². The second-order valence-corrected chi connectivity index (χ2v) is 15.6. The number of hydrogen-bond donors (Lipinski definition) is 0. The summed E-state index contributed by atoms with van der Waals surface area (Å²) in [5.41, 5.74) is 13.5. The van der Waals surface area contributed by atoms with E-state index in [-0.39, 0.29) is 0 Å². The van der Waals surface area contributed by atoms with Crippen LogP contribution in [0.1, 0.15) is 0 Å². The molecule has 3 nitrogen and oxygen atoms in total. The van der Waals surface area contributed by atoms with Gasteiger partial charge in [0.2, 0.25) is 0 Å². The van der Waals surface area contributed by atoms with Gasteiger partial charge >= 0.3 is 0 Å². The lowest BCUT2D eigenvalue weighted by Crippen LogP contribution is -2.09. The fraction of sp³-hybridized carbons (Fsp3) is 0. The third kappa shape index (κ3) is 4.73. The van der Waals surface area contributed by atoms with E-state index in [1.807, 2.05) is 23.9 Å². The molecule has 0 amide bonds. The Labute approximate surface area is 327 Å².